The van der Waals surface area contributed by atoms with Crippen LogP contribution in [0.3, 0.4) is 0 Å². The quantitative estimate of drug-likeness (QED) is 0.734. The van der Waals surface area contributed by atoms with E-state index >= 15 is 0 Å². The number of fused-ring (bicyclic) bond motifs is 1. The molecular formula is C18H20ClN3O4S. The van der Waals surface area contributed by atoms with E-state index in [4.69, 9.17) is 25.8 Å². The van der Waals surface area contributed by atoms with Crippen LogP contribution in [0.4, 0.5) is 5.69 Å². The van der Waals surface area contributed by atoms with Gasteiger partial charge < -0.3 is 23.8 Å². The zero-order chi connectivity index (χ0) is 19.2. The number of benzene rings is 1. The molecule has 0 saturated heterocycles. The second kappa shape index (κ2) is 9.16. The molecule has 27 heavy (non-hydrogen) atoms. The summed E-state index contributed by atoms with van der Waals surface area (Å²) in [5, 5.41) is 0.626. The van der Waals surface area contributed by atoms with Crippen LogP contribution in [0.5, 0.6) is 11.6 Å². The van der Waals surface area contributed by atoms with Crippen molar-refractivity contribution in [3.8, 4) is 11.6 Å². The van der Waals surface area contributed by atoms with E-state index in [0.717, 1.165) is 21.9 Å². The highest BCUT2D eigenvalue weighted by atomic mass is 35.5. The Hall–Kier alpha value is -2.16. The van der Waals surface area contributed by atoms with Gasteiger partial charge in [-0.25, -0.2) is 4.98 Å². The number of hydrogen-bond donors (Lipinski definition) is 1. The lowest BCUT2D eigenvalue weighted by molar-refractivity contribution is -0.135. The van der Waals surface area contributed by atoms with Crippen molar-refractivity contribution in [2.45, 2.75) is 11.4 Å². The summed E-state index contributed by atoms with van der Waals surface area (Å²) in [5.74, 6) is 1.18. The highest BCUT2D eigenvalue weighted by molar-refractivity contribution is 8.00. The van der Waals surface area contributed by atoms with Gasteiger partial charge in [-0.05, 0) is 36.2 Å². The van der Waals surface area contributed by atoms with Crippen molar-refractivity contribution in [2.24, 2.45) is 0 Å². The van der Waals surface area contributed by atoms with E-state index in [1.54, 1.807) is 24.3 Å². The number of rotatable bonds is 6. The van der Waals surface area contributed by atoms with Gasteiger partial charge in [0.05, 0.1) is 37.0 Å². The Morgan fingerprint density at radius 2 is 2.26 bits per heavy atom. The van der Waals surface area contributed by atoms with Crippen LogP contribution >= 0.6 is 23.5 Å². The molecule has 1 aliphatic heterocycles. The molecule has 1 N–H and O–H groups in total. The summed E-state index contributed by atoms with van der Waals surface area (Å²) >= 11 is 7.44. The van der Waals surface area contributed by atoms with Gasteiger partial charge in [-0.15, -0.1) is 0 Å². The number of hydrogen-bond acceptors (Lipinski definition) is 7. The summed E-state index contributed by atoms with van der Waals surface area (Å²) in [7, 11) is 3.12. The number of methoxy groups -OCH3 is 2. The number of nitrogens with one attached hydrogen (secondary N) is 1. The lowest BCUT2D eigenvalue weighted by atomic mass is 10.2. The van der Waals surface area contributed by atoms with Crippen molar-refractivity contribution in [3.63, 3.8) is 0 Å². The summed E-state index contributed by atoms with van der Waals surface area (Å²) in [6, 6.07) is 7.33. The number of ether oxygens (including phenoxy) is 3. The Bertz CT molecular complexity index is 821. The molecule has 0 unspecified atom stereocenters. The molecular weight excluding hydrogens is 390 g/mol. The van der Waals surface area contributed by atoms with Crippen LogP contribution in [0, 0.1) is 0 Å². The predicted octanol–water partition coefficient (Wildman–Crippen LogP) is 3.23. The van der Waals surface area contributed by atoms with E-state index in [9.17, 15) is 4.79 Å². The number of amides is 1. The third kappa shape index (κ3) is 4.97. The number of pyridine rings is 1. The van der Waals surface area contributed by atoms with Crippen molar-refractivity contribution in [2.75, 3.05) is 38.7 Å². The molecule has 0 saturated carbocycles. The molecule has 1 aromatic heterocycles. The van der Waals surface area contributed by atoms with E-state index in [1.165, 1.54) is 19.1 Å². The van der Waals surface area contributed by atoms with E-state index in [0.29, 0.717) is 30.6 Å². The van der Waals surface area contributed by atoms with Gasteiger partial charge in [0.15, 0.2) is 0 Å². The van der Waals surface area contributed by atoms with Crippen LogP contribution in [0.15, 0.2) is 35.4 Å². The summed E-state index contributed by atoms with van der Waals surface area (Å²) < 4.78 is 19.2. The lowest BCUT2D eigenvalue weighted by Crippen LogP contribution is -2.34. The first kappa shape index (κ1) is 19.6. The van der Waals surface area contributed by atoms with Crippen LogP contribution in [-0.4, -0.2) is 49.8 Å². The standard InChI is InChI=1S/C18H20ClN3O4S/c1-24-11-17(23)22-5-6-26-18-12(10-22)7-14(9-20-18)21-27-16-8-13(19)3-4-15(16)25-2/h3-4,7-9,21H,5-6,10-11H2,1-2H3. The molecule has 0 fully saturated rings. The zero-order valence-corrected chi connectivity index (χ0v) is 16.6. The van der Waals surface area contributed by atoms with Gasteiger partial charge in [0, 0.05) is 17.7 Å². The molecule has 0 atom stereocenters. The smallest absolute Gasteiger partial charge is 0.248 e. The second-order valence-corrected chi connectivity index (χ2v) is 7.07. The molecule has 1 amide bonds. The third-order valence-electron chi connectivity index (χ3n) is 3.91. The van der Waals surface area contributed by atoms with Crippen molar-refractivity contribution < 1.29 is 19.0 Å². The van der Waals surface area contributed by atoms with E-state index in [1.807, 2.05) is 18.2 Å². The molecule has 1 aliphatic rings. The summed E-state index contributed by atoms with van der Waals surface area (Å²) in [4.78, 5) is 19.1. The Morgan fingerprint density at radius 3 is 3.04 bits per heavy atom. The van der Waals surface area contributed by atoms with Gasteiger partial charge in [-0.2, -0.15) is 0 Å². The molecule has 3 rings (SSSR count). The van der Waals surface area contributed by atoms with E-state index < -0.39 is 0 Å². The SMILES string of the molecule is COCC(=O)N1CCOc2ncc(NSc3cc(Cl)ccc3OC)cc2C1. The fraction of sp³-hybridized carbons (Fsp3) is 0.333. The Morgan fingerprint density at radius 1 is 1.41 bits per heavy atom. The van der Waals surface area contributed by atoms with Crippen molar-refractivity contribution >= 4 is 35.1 Å². The summed E-state index contributed by atoms with van der Waals surface area (Å²) in [6.45, 7) is 1.36. The maximum absolute atomic E-state index is 12.1. The number of anilines is 1. The molecule has 2 aromatic rings. The topological polar surface area (TPSA) is 72.9 Å². The molecule has 0 bridgehead atoms. The van der Waals surface area contributed by atoms with Crippen molar-refractivity contribution in [3.05, 3.63) is 41.0 Å². The molecule has 144 valence electrons. The first-order valence-electron chi connectivity index (χ1n) is 8.25. The van der Waals surface area contributed by atoms with Gasteiger partial charge in [0.1, 0.15) is 19.0 Å². The molecule has 1 aromatic carbocycles. The fourth-order valence-electron chi connectivity index (χ4n) is 2.61. The first-order valence-corrected chi connectivity index (χ1v) is 9.45. The number of carbonyl (C=O) groups is 1. The van der Waals surface area contributed by atoms with E-state index in [-0.39, 0.29) is 12.5 Å². The predicted molar refractivity (Wildman–Crippen MR) is 105 cm³/mol. The maximum atomic E-state index is 12.1. The number of halogens is 1. The zero-order valence-electron chi connectivity index (χ0n) is 15.0. The molecule has 0 radical (unpaired) electrons. The van der Waals surface area contributed by atoms with E-state index in [2.05, 4.69) is 9.71 Å². The monoisotopic (exact) mass is 409 g/mol. The minimum absolute atomic E-state index is 0.0467. The van der Waals surface area contributed by atoms with Gasteiger partial charge in [0.2, 0.25) is 11.8 Å². The minimum atomic E-state index is -0.0784. The van der Waals surface area contributed by atoms with Gasteiger partial charge in [-0.3, -0.25) is 4.79 Å². The fourth-order valence-corrected chi connectivity index (χ4v) is 3.62. The van der Waals surface area contributed by atoms with Gasteiger partial charge in [0.25, 0.3) is 0 Å². The summed E-state index contributed by atoms with van der Waals surface area (Å²) in [5.41, 5.74) is 1.62. The largest absolute Gasteiger partial charge is 0.496 e. The van der Waals surface area contributed by atoms with Crippen LogP contribution in [-0.2, 0) is 16.1 Å². The molecule has 0 aliphatic carbocycles. The Labute approximate surface area is 167 Å². The normalized spacial score (nSPS) is 13.4. The lowest BCUT2D eigenvalue weighted by Gasteiger charge is -2.19. The Balaban J connectivity index is 1.74. The average molecular weight is 410 g/mol. The maximum Gasteiger partial charge on any atom is 0.248 e. The van der Waals surface area contributed by atoms with Crippen molar-refractivity contribution in [1.82, 2.24) is 9.88 Å². The van der Waals surface area contributed by atoms with Gasteiger partial charge >= 0.3 is 0 Å². The molecule has 2 heterocycles. The number of carbonyl (C=O) groups excluding carboxylic acids is 1. The highest BCUT2D eigenvalue weighted by Crippen LogP contribution is 2.33. The molecule has 7 nitrogen and oxygen atoms in total. The third-order valence-corrected chi connectivity index (χ3v) is 5.02. The van der Waals surface area contributed by atoms with Gasteiger partial charge in [-0.1, -0.05) is 11.6 Å². The minimum Gasteiger partial charge on any atom is -0.496 e. The van der Waals surface area contributed by atoms with Crippen molar-refractivity contribution in [1.29, 1.82) is 0 Å². The first-order chi connectivity index (χ1) is 13.1. The number of nitrogens with zero attached hydrogens (tertiary/aromatic N) is 2. The Kier molecular flexibility index (Phi) is 6.65. The molecule has 9 heteroatoms. The van der Waals surface area contributed by atoms with Crippen LogP contribution in [0.2, 0.25) is 5.02 Å². The average Bonchev–Trinajstić information content (AvgIpc) is 2.88. The molecule has 0 spiro atoms. The van der Waals surface area contributed by atoms with Crippen LogP contribution in [0.25, 0.3) is 0 Å². The second-order valence-electron chi connectivity index (χ2n) is 5.78. The summed E-state index contributed by atoms with van der Waals surface area (Å²) in [6.07, 6.45) is 1.69. The highest BCUT2D eigenvalue weighted by Gasteiger charge is 2.21. The van der Waals surface area contributed by atoms with Crippen LogP contribution < -0.4 is 14.2 Å². The van der Waals surface area contributed by atoms with Crippen LogP contribution in [0.1, 0.15) is 5.56 Å². The number of aromatic nitrogens is 1.